The molecule has 0 atom stereocenters. The average Bonchev–Trinajstić information content (AvgIpc) is 3.41. The molecule has 1 aromatic heterocycles. The van der Waals surface area contributed by atoms with Gasteiger partial charge in [0.2, 0.25) is 10.0 Å². The van der Waals surface area contributed by atoms with E-state index in [4.69, 9.17) is 11.6 Å². The van der Waals surface area contributed by atoms with Gasteiger partial charge in [-0.05, 0) is 37.1 Å². The highest BCUT2D eigenvalue weighted by molar-refractivity contribution is 7.89. The van der Waals surface area contributed by atoms with E-state index in [0.717, 1.165) is 41.4 Å². The van der Waals surface area contributed by atoms with E-state index in [0.29, 0.717) is 26.2 Å². The largest absolute Gasteiger partial charge is 0.358 e. The Morgan fingerprint density at radius 1 is 1.03 bits per heavy atom. The van der Waals surface area contributed by atoms with E-state index in [-0.39, 0.29) is 21.4 Å². The standard InChI is InChI=1S/C22H22ClN3O3S/c23-19-8-7-15(30(28,29)26-10-3-4-11-26)13-17(19)22(27)25-12-9-21-18(14-25)16-5-1-2-6-20(16)24-21/h1-2,5-8,13,24H,3-4,9-12,14H2. The van der Waals surface area contributed by atoms with Crippen molar-refractivity contribution < 1.29 is 13.2 Å². The quantitative estimate of drug-likeness (QED) is 0.669. The van der Waals surface area contributed by atoms with Gasteiger partial charge >= 0.3 is 0 Å². The minimum Gasteiger partial charge on any atom is -0.358 e. The molecule has 2 aliphatic heterocycles. The zero-order valence-corrected chi connectivity index (χ0v) is 18.0. The van der Waals surface area contributed by atoms with Crippen molar-refractivity contribution in [1.82, 2.24) is 14.2 Å². The molecule has 8 heteroatoms. The van der Waals surface area contributed by atoms with Crippen LogP contribution in [0.3, 0.4) is 0 Å². The summed E-state index contributed by atoms with van der Waals surface area (Å²) in [5.41, 5.74) is 3.56. The number of aromatic amines is 1. The topological polar surface area (TPSA) is 73.5 Å². The molecule has 156 valence electrons. The Morgan fingerprint density at radius 2 is 1.80 bits per heavy atom. The maximum absolute atomic E-state index is 13.3. The third kappa shape index (κ3) is 3.21. The monoisotopic (exact) mass is 443 g/mol. The fourth-order valence-corrected chi connectivity index (χ4v) is 6.16. The smallest absolute Gasteiger partial charge is 0.255 e. The van der Waals surface area contributed by atoms with Gasteiger partial charge in [0.1, 0.15) is 0 Å². The number of rotatable bonds is 3. The Kier molecular flexibility index (Phi) is 4.84. The number of amides is 1. The Bertz CT molecular complexity index is 1250. The molecule has 0 saturated carbocycles. The molecule has 1 saturated heterocycles. The first-order chi connectivity index (χ1) is 14.4. The number of hydrogen-bond donors (Lipinski definition) is 1. The summed E-state index contributed by atoms with van der Waals surface area (Å²) in [6, 6.07) is 12.5. The van der Waals surface area contributed by atoms with E-state index in [1.54, 1.807) is 4.90 Å². The second-order valence-corrected chi connectivity index (χ2v) is 10.2. The maximum atomic E-state index is 13.3. The number of para-hydroxylation sites is 1. The first-order valence-corrected chi connectivity index (χ1v) is 11.9. The first kappa shape index (κ1) is 19.6. The van der Waals surface area contributed by atoms with Gasteiger partial charge in [0.25, 0.3) is 5.91 Å². The lowest BCUT2D eigenvalue weighted by atomic mass is 10.0. The van der Waals surface area contributed by atoms with Gasteiger partial charge in [-0.25, -0.2) is 8.42 Å². The molecule has 2 aliphatic rings. The van der Waals surface area contributed by atoms with Crippen LogP contribution in [-0.4, -0.2) is 48.1 Å². The number of nitrogens with zero attached hydrogens (tertiary/aromatic N) is 2. The number of H-pyrrole nitrogens is 1. The number of sulfonamides is 1. The van der Waals surface area contributed by atoms with Gasteiger partial charge in [-0.1, -0.05) is 29.8 Å². The van der Waals surface area contributed by atoms with Gasteiger partial charge < -0.3 is 9.88 Å². The molecule has 0 spiro atoms. The lowest BCUT2D eigenvalue weighted by molar-refractivity contribution is 0.0735. The number of halogens is 1. The molecule has 1 amide bonds. The van der Waals surface area contributed by atoms with Crippen molar-refractivity contribution in [2.75, 3.05) is 19.6 Å². The maximum Gasteiger partial charge on any atom is 0.255 e. The molecular weight excluding hydrogens is 422 g/mol. The minimum absolute atomic E-state index is 0.127. The summed E-state index contributed by atoms with van der Waals surface area (Å²) in [4.78, 5) is 18.6. The zero-order valence-electron chi connectivity index (χ0n) is 16.4. The summed E-state index contributed by atoms with van der Waals surface area (Å²) in [6.07, 6.45) is 2.44. The normalized spacial score (nSPS) is 17.4. The number of nitrogens with one attached hydrogen (secondary N) is 1. The molecule has 0 aliphatic carbocycles. The molecule has 6 nitrogen and oxygen atoms in total. The van der Waals surface area contributed by atoms with Crippen LogP contribution in [0.1, 0.15) is 34.5 Å². The molecule has 5 rings (SSSR count). The second-order valence-electron chi connectivity index (χ2n) is 7.86. The van der Waals surface area contributed by atoms with Crippen LogP contribution in [-0.2, 0) is 23.0 Å². The molecule has 3 heterocycles. The summed E-state index contributed by atoms with van der Waals surface area (Å²) in [6.45, 7) is 2.06. The Morgan fingerprint density at radius 3 is 2.60 bits per heavy atom. The van der Waals surface area contributed by atoms with Crippen molar-refractivity contribution in [3.63, 3.8) is 0 Å². The summed E-state index contributed by atoms with van der Waals surface area (Å²) in [5, 5.41) is 1.38. The third-order valence-electron chi connectivity index (χ3n) is 6.04. The number of benzene rings is 2. The molecule has 0 radical (unpaired) electrons. The van der Waals surface area contributed by atoms with E-state index in [1.165, 1.54) is 22.5 Å². The number of carbonyl (C=O) groups is 1. The van der Waals surface area contributed by atoms with Crippen molar-refractivity contribution in [1.29, 1.82) is 0 Å². The van der Waals surface area contributed by atoms with Gasteiger partial charge in [0.15, 0.2) is 0 Å². The van der Waals surface area contributed by atoms with E-state index >= 15 is 0 Å². The summed E-state index contributed by atoms with van der Waals surface area (Å²) >= 11 is 6.33. The summed E-state index contributed by atoms with van der Waals surface area (Å²) in [7, 11) is -3.61. The molecule has 30 heavy (non-hydrogen) atoms. The minimum atomic E-state index is -3.61. The van der Waals surface area contributed by atoms with Crippen molar-refractivity contribution in [3.8, 4) is 0 Å². The van der Waals surface area contributed by atoms with Crippen LogP contribution in [0.5, 0.6) is 0 Å². The van der Waals surface area contributed by atoms with Crippen LogP contribution in [0.25, 0.3) is 10.9 Å². The van der Waals surface area contributed by atoms with Crippen molar-refractivity contribution >= 4 is 38.4 Å². The fraction of sp³-hybridized carbons (Fsp3) is 0.318. The van der Waals surface area contributed by atoms with E-state index in [2.05, 4.69) is 11.1 Å². The highest BCUT2D eigenvalue weighted by atomic mass is 35.5. The lowest BCUT2D eigenvalue weighted by Gasteiger charge is -2.28. The zero-order chi connectivity index (χ0) is 20.9. The van der Waals surface area contributed by atoms with Crippen LogP contribution in [0.2, 0.25) is 5.02 Å². The molecule has 1 N–H and O–H groups in total. The fourth-order valence-electron chi connectivity index (χ4n) is 4.42. The van der Waals surface area contributed by atoms with Crippen LogP contribution in [0.15, 0.2) is 47.4 Å². The van der Waals surface area contributed by atoms with E-state index in [9.17, 15) is 13.2 Å². The Labute approximate surface area is 180 Å². The van der Waals surface area contributed by atoms with Gasteiger partial charge in [-0.2, -0.15) is 4.31 Å². The van der Waals surface area contributed by atoms with Crippen LogP contribution >= 0.6 is 11.6 Å². The van der Waals surface area contributed by atoms with Gasteiger partial charge in [-0.3, -0.25) is 4.79 Å². The van der Waals surface area contributed by atoms with Crippen molar-refractivity contribution in [3.05, 3.63) is 64.3 Å². The Hall–Kier alpha value is -2.35. The van der Waals surface area contributed by atoms with Crippen molar-refractivity contribution in [2.45, 2.75) is 30.7 Å². The Balaban J connectivity index is 1.46. The molecule has 0 bridgehead atoms. The third-order valence-corrected chi connectivity index (χ3v) is 8.27. The summed E-state index contributed by atoms with van der Waals surface area (Å²) < 4.78 is 27.3. The molecule has 2 aromatic carbocycles. The number of hydrogen-bond acceptors (Lipinski definition) is 3. The number of carbonyl (C=O) groups excluding carboxylic acids is 1. The van der Waals surface area contributed by atoms with E-state index < -0.39 is 10.0 Å². The molecule has 3 aromatic rings. The second kappa shape index (κ2) is 7.41. The summed E-state index contributed by atoms with van der Waals surface area (Å²) in [5.74, 6) is -0.241. The number of fused-ring (bicyclic) bond motifs is 3. The van der Waals surface area contributed by atoms with Gasteiger partial charge in [-0.15, -0.1) is 0 Å². The van der Waals surface area contributed by atoms with E-state index in [1.807, 2.05) is 18.2 Å². The molecule has 1 fully saturated rings. The molecular formula is C22H22ClN3O3S. The highest BCUT2D eigenvalue weighted by Crippen LogP contribution is 2.30. The van der Waals surface area contributed by atoms with Crippen molar-refractivity contribution in [2.24, 2.45) is 0 Å². The first-order valence-electron chi connectivity index (χ1n) is 10.1. The van der Waals surface area contributed by atoms with Gasteiger partial charge in [0.05, 0.1) is 15.5 Å². The predicted molar refractivity (Wildman–Crippen MR) is 116 cm³/mol. The SMILES string of the molecule is O=C(c1cc(S(=O)(=O)N2CCCC2)ccc1Cl)N1CCc2[nH]c3ccccc3c2C1. The lowest BCUT2D eigenvalue weighted by Crippen LogP contribution is -2.36. The van der Waals surface area contributed by atoms with Gasteiger partial charge in [0, 0.05) is 54.8 Å². The molecule has 0 unspecified atom stereocenters. The van der Waals surface area contributed by atoms with Crippen LogP contribution in [0.4, 0.5) is 0 Å². The predicted octanol–water partition coefficient (Wildman–Crippen LogP) is 3.80. The van der Waals surface area contributed by atoms with Crippen LogP contribution < -0.4 is 0 Å². The number of aromatic nitrogens is 1. The highest BCUT2D eigenvalue weighted by Gasteiger charge is 2.30. The average molecular weight is 444 g/mol. The van der Waals surface area contributed by atoms with Crippen LogP contribution in [0, 0.1) is 0 Å².